The van der Waals surface area contributed by atoms with Crippen LogP contribution in [0.2, 0.25) is 0 Å². The molecule has 1 heteroatoms. The summed E-state index contributed by atoms with van der Waals surface area (Å²) in [5, 5.41) is 0. The SMILES string of the molecule is [CH2]Oc1cc(Cc2ccccc2)c(Cc2ccccc2)c(Cc2ccccc2)c1. The van der Waals surface area contributed by atoms with Crippen molar-refractivity contribution in [3.8, 4) is 5.75 Å². The van der Waals surface area contributed by atoms with E-state index >= 15 is 0 Å². The molecule has 0 aliphatic heterocycles. The maximum absolute atomic E-state index is 5.43. The molecule has 1 nitrogen and oxygen atoms in total. The summed E-state index contributed by atoms with van der Waals surface area (Å²) in [6, 6.07) is 36.2. The van der Waals surface area contributed by atoms with Crippen molar-refractivity contribution in [2.24, 2.45) is 0 Å². The Morgan fingerprint density at radius 2 is 0.897 bits per heavy atom. The molecule has 0 amide bonds. The van der Waals surface area contributed by atoms with Crippen molar-refractivity contribution in [1.82, 2.24) is 0 Å². The largest absolute Gasteiger partial charge is 0.490 e. The molecule has 0 spiro atoms. The first-order chi connectivity index (χ1) is 14.3. The Labute approximate surface area is 173 Å². The molecule has 29 heavy (non-hydrogen) atoms. The molecule has 0 unspecified atom stereocenters. The maximum Gasteiger partial charge on any atom is 0.122 e. The van der Waals surface area contributed by atoms with E-state index in [1.54, 1.807) is 0 Å². The van der Waals surface area contributed by atoms with Crippen LogP contribution in [0.3, 0.4) is 0 Å². The smallest absolute Gasteiger partial charge is 0.122 e. The Morgan fingerprint density at radius 3 is 1.28 bits per heavy atom. The monoisotopic (exact) mass is 377 g/mol. The normalized spacial score (nSPS) is 10.7. The number of ether oxygens (including phenoxy) is 1. The predicted octanol–water partition coefficient (Wildman–Crippen LogP) is 6.63. The molecule has 0 aliphatic carbocycles. The summed E-state index contributed by atoms with van der Waals surface area (Å²) in [6.07, 6.45) is 2.66. The molecule has 0 bridgehead atoms. The zero-order valence-corrected chi connectivity index (χ0v) is 16.6. The van der Waals surface area contributed by atoms with Crippen LogP contribution in [-0.2, 0) is 19.3 Å². The molecule has 0 aromatic heterocycles. The fourth-order valence-electron chi connectivity index (χ4n) is 3.82. The lowest BCUT2D eigenvalue weighted by Gasteiger charge is -2.18. The van der Waals surface area contributed by atoms with E-state index in [2.05, 4.69) is 110 Å². The van der Waals surface area contributed by atoms with Gasteiger partial charge in [-0.05, 0) is 64.8 Å². The van der Waals surface area contributed by atoms with Crippen LogP contribution in [0.4, 0.5) is 0 Å². The highest BCUT2D eigenvalue weighted by Crippen LogP contribution is 2.29. The molecule has 0 aliphatic rings. The van der Waals surface area contributed by atoms with Crippen molar-refractivity contribution in [3.63, 3.8) is 0 Å². The van der Waals surface area contributed by atoms with Gasteiger partial charge < -0.3 is 4.74 Å². The first-order valence-corrected chi connectivity index (χ1v) is 10.0. The van der Waals surface area contributed by atoms with E-state index < -0.39 is 0 Å². The van der Waals surface area contributed by atoms with Gasteiger partial charge in [-0.1, -0.05) is 91.0 Å². The Balaban J connectivity index is 1.79. The van der Waals surface area contributed by atoms with Crippen molar-refractivity contribution in [2.75, 3.05) is 0 Å². The zero-order chi connectivity index (χ0) is 19.9. The van der Waals surface area contributed by atoms with Gasteiger partial charge in [0.15, 0.2) is 0 Å². The third kappa shape index (κ3) is 4.94. The highest BCUT2D eigenvalue weighted by atomic mass is 16.5. The molecule has 0 fully saturated rings. The molecular weight excluding hydrogens is 352 g/mol. The van der Waals surface area contributed by atoms with Crippen LogP contribution in [0.25, 0.3) is 0 Å². The summed E-state index contributed by atoms with van der Waals surface area (Å²) in [5.41, 5.74) is 7.89. The van der Waals surface area contributed by atoms with E-state index in [0.29, 0.717) is 0 Å². The maximum atomic E-state index is 5.43. The minimum atomic E-state index is 0.818. The fraction of sp³-hybridized carbons (Fsp3) is 0.107. The van der Waals surface area contributed by atoms with Gasteiger partial charge in [0, 0.05) is 0 Å². The lowest BCUT2D eigenvalue weighted by atomic mass is 9.88. The number of rotatable bonds is 7. The van der Waals surface area contributed by atoms with Gasteiger partial charge in [0.05, 0.1) is 0 Å². The summed E-state index contributed by atoms with van der Waals surface area (Å²) < 4.78 is 5.43. The lowest BCUT2D eigenvalue weighted by molar-refractivity contribution is 0.471. The van der Waals surface area contributed by atoms with Gasteiger partial charge >= 0.3 is 0 Å². The van der Waals surface area contributed by atoms with Crippen molar-refractivity contribution in [2.45, 2.75) is 19.3 Å². The molecule has 0 saturated carbocycles. The third-order valence-corrected chi connectivity index (χ3v) is 5.27. The van der Waals surface area contributed by atoms with Gasteiger partial charge in [0.25, 0.3) is 0 Å². The highest BCUT2D eigenvalue weighted by Gasteiger charge is 2.14. The first-order valence-electron chi connectivity index (χ1n) is 10.0. The van der Waals surface area contributed by atoms with E-state index in [1.807, 2.05) is 0 Å². The molecule has 0 saturated heterocycles. The Morgan fingerprint density at radius 1 is 0.517 bits per heavy atom. The standard InChI is InChI=1S/C28H25O/c1-29-27-20-25(17-22-11-5-2-6-12-22)28(19-24-15-9-4-10-16-24)26(21-27)18-23-13-7-3-8-14-23/h2-16,20-21H,1,17-19H2. The molecule has 4 aromatic carbocycles. The molecule has 143 valence electrons. The molecular formula is C28H25O. The van der Waals surface area contributed by atoms with Gasteiger partial charge in [-0.15, -0.1) is 0 Å². The van der Waals surface area contributed by atoms with Crippen LogP contribution in [0, 0.1) is 7.11 Å². The molecule has 0 atom stereocenters. The minimum absolute atomic E-state index is 0.818. The van der Waals surface area contributed by atoms with Gasteiger partial charge in [0.2, 0.25) is 0 Å². The summed E-state index contributed by atoms with van der Waals surface area (Å²) in [7, 11) is 3.67. The van der Waals surface area contributed by atoms with Gasteiger partial charge in [0.1, 0.15) is 12.9 Å². The second-order valence-corrected chi connectivity index (χ2v) is 7.35. The van der Waals surface area contributed by atoms with E-state index in [0.717, 1.165) is 25.0 Å². The Kier molecular flexibility index (Phi) is 6.07. The quantitative estimate of drug-likeness (QED) is 0.351. The summed E-state index contributed by atoms with van der Waals surface area (Å²) in [4.78, 5) is 0. The van der Waals surface area contributed by atoms with E-state index in [-0.39, 0.29) is 0 Å². The van der Waals surface area contributed by atoms with E-state index in [4.69, 9.17) is 4.74 Å². The highest BCUT2D eigenvalue weighted by molar-refractivity contribution is 5.48. The number of benzene rings is 4. The van der Waals surface area contributed by atoms with Crippen molar-refractivity contribution < 1.29 is 4.74 Å². The van der Waals surface area contributed by atoms with Crippen molar-refractivity contribution >= 4 is 0 Å². The molecule has 1 radical (unpaired) electrons. The summed E-state index contributed by atoms with van der Waals surface area (Å²) >= 11 is 0. The van der Waals surface area contributed by atoms with E-state index in [9.17, 15) is 0 Å². The molecule has 0 heterocycles. The molecule has 0 N–H and O–H groups in total. The van der Waals surface area contributed by atoms with Gasteiger partial charge in [-0.3, -0.25) is 0 Å². The van der Waals surface area contributed by atoms with Crippen LogP contribution < -0.4 is 4.74 Å². The minimum Gasteiger partial charge on any atom is -0.490 e. The van der Waals surface area contributed by atoms with Crippen LogP contribution in [0.5, 0.6) is 5.75 Å². The van der Waals surface area contributed by atoms with Gasteiger partial charge in [-0.2, -0.15) is 0 Å². The van der Waals surface area contributed by atoms with E-state index in [1.165, 1.54) is 33.4 Å². The lowest BCUT2D eigenvalue weighted by Crippen LogP contribution is -2.04. The van der Waals surface area contributed by atoms with Crippen LogP contribution in [-0.4, -0.2) is 0 Å². The topological polar surface area (TPSA) is 9.23 Å². The number of hydrogen-bond acceptors (Lipinski definition) is 1. The second-order valence-electron chi connectivity index (χ2n) is 7.35. The Hall–Kier alpha value is -3.32. The fourth-order valence-corrected chi connectivity index (χ4v) is 3.82. The average molecular weight is 378 g/mol. The zero-order valence-electron chi connectivity index (χ0n) is 16.6. The second kappa shape index (κ2) is 9.25. The number of hydrogen-bond donors (Lipinski definition) is 0. The Bertz CT molecular complexity index is 975. The summed E-state index contributed by atoms with van der Waals surface area (Å²) in [6.45, 7) is 0. The van der Waals surface area contributed by atoms with Crippen molar-refractivity contribution in [1.29, 1.82) is 0 Å². The van der Waals surface area contributed by atoms with Gasteiger partial charge in [-0.25, -0.2) is 0 Å². The average Bonchev–Trinajstić information content (AvgIpc) is 2.78. The van der Waals surface area contributed by atoms with Crippen LogP contribution in [0.15, 0.2) is 103 Å². The summed E-state index contributed by atoms with van der Waals surface area (Å²) in [5.74, 6) is 0.818. The third-order valence-electron chi connectivity index (χ3n) is 5.27. The first kappa shape index (κ1) is 19.0. The molecule has 4 aromatic rings. The van der Waals surface area contributed by atoms with Crippen LogP contribution >= 0.6 is 0 Å². The predicted molar refractivity (Wildman–Crippen MR) is 120 cm³/mol. The molecule has 4 rings (SSSR count). The van der Waals surface area contributed by atoms with Crippen LogP contribution in [0.1, 0.15) is 33.4 Å². The van der Waals surface area contributed by atoms with Crippen molar-refractivity contribution in [3.05, 3.63) is 144 Å².